The van der Waals surface area contributed by atoms with E-state index in [4.69, 9.17) is 14.2 Å². The van der Waals surface area contributed by atoms with Crippen LogP contribution in [-0.4, -0.2) is 48.2 Å². The summed E-state index contributed by atoms with van der Waals surface area (Å²) < 4.78 is 16.9. The average Bonchev–Trinajstić information content (AvgIpc) is 2.90. The van der Waals surface area contributed by atoms with Crippen LogP contribution >= 0.6 is 0 Å². The van der Waals surface area contributed by atoms with Gasteiger partial charge in [0.25, 0.3) is 0 Å². The van der Waals surface area contributed by atoms with Gasteiger partial charge in [0.05, 0.1) is 32.5 Å². The molecule has 204 valence electrons. The second-order valence-corrected chi connectivity index (χ2v) is 9.97. The van der Waals surface area contributed by atoms with Crippen LogP contribution < -0.4 is 4.74 Å². The Morgan fingerprint density at radius 1 is 1.11 bits per heavy atom. The number of hydrogen-bond acceptors (Lipinski definition) is 6. The lowest BCUT2D eigenvalue weighted by Gasteiger charge is -2.28. The molecule has 1 aromatic rings. The Bertz CT molecular complexity index is 958. The summed E-state index contributed by atoms with van der Waals surface area (Å²) in [5.41, 5.74) is 2.96. The molecule has 0 radical (unpaired) electrons. The molecule has 0 unspecified atom stereocenters. The first-order valence-electron chi connectivity index (χ1n) is 13.1. The number of carbonyl (C=O) groups excluding carboxylic acids is 1. The molecule has 0 aliphatic carbocycles. The van der Waals surface area contributed by atoms with E-state index in [0.29, 0.717) is 19.6 Å². The third kappa shape index (κ3) is 9.95. The van der Waals surface area contributed by atoms with Gasteiger partial charge < -0.3 is 24.4 Å². The van der Waals surface area contributed by atoms with Gasteiger partial charge in [0, 0.05) is 24.2 Å². The molecule has 2 N–H and O–H groups in total. The Labute approximate surface area is 222 Å². The number of hydrogen-bond donors (Lipinski definition) is 2. The van der Waals surface area contributed by atoms with Crippen molar-refractivity contribution in [3.63, 3.8) is 0 Å². The van der Waals surface area contributed by atoms with Gasteiger partial charge in [0.15, 0.2) is 0 Å². The second kappa shape index (κ2) is 15.6. The molecule has 37 heavy (non-hydrogen) atoms. The number of aliphatic hydroxyl groups excluding tert-OH is 2. The predicted molar refractivity (Wildman–Crippen MR) is 147 cm³/mol. The van der Waals surface area contributed by atoms with Crippen LogP contribution in [0.1, 0.15) is 53.0 Å². The Morgan fingerprint density at radius 2 is 1.78 bits per heavy atom. The lowest BCUT2D eigenvalue weighted by atomic mass is 9.85. The fourth-order valence-corrected chi connectivity index (χ4v) is 4.24. The molecule has 1 aliphatic heterocycles. The Balaban J connectivity index is 2.12. The van der Waals surface area contributed by atoms with Crippen molar-refractivity contribution >= 4 is 5.97 Å². The summed E-state index contributed by atoms with van der Waals surface area (Å²) in [4.78, 5) is 12.7. The van der Waals surface area contributed by atoms with Crippen molar-refractivity contribution < 1.29 is 29.2 Å². The van der Waals surface area contributed by atoms with E-state index >= 15 is 0 Å². The van der Waals surface area contributed by atoms with E-state index in [1.807, 2.05) is 83.2 Å². The summed E-state index contributed by atoms with van der Waals surface area (Å²) in [6.45, 7) is 10.5. The van der Waals surface area contributed by atoms with Crippen LogP contribution in [0.5, 0.6) is 5.75 Å². The molecule has 6 heteroatoms. The summed E-state index contributed by atoms with van der Waals surface area (Å²) in [5, 5.41) is 21.2. The number of ether oxygens (including phenoxy) is 3. The number of esters is 1. The van der Waals surface area contributed by atoms with Crippen molar-refractivity contribution in [2.24, 2.45) is 17.8 Å². The van der Waals surface area contributed by atoms with E-state index in [9.17, 15) is 15.0 Å². The third-order valence-corrected chi connectivity index (χ3v) is 7.09. The third-order valence-electron chi connectivity index (χ3n) is 7.09. The molecule has 0 amide bonds. The molecular weight excluding hydrogens is 468 g/mol. The molecular formula is C31H44O6. The van der Waals surface area contributed by atoms with Gasteiger partial charge >= 0.3 is 5.97 Å². The molecule has 6 nitrogen and oxygen atoms in total. The van der Waals surface area contributed by atoms with Crippen molar-refractivity contribution in [1.29, 1.82) is 0 Å². The molecule has 6 atom stereocenters. The van der Waals surface area contributed by atoms with Crippen molar-refractivity contribution in [1.82, 2.24) is 0 Å². The van der Waals surface area contributed by atoms with Gasteiger partial charge in [-0.05, 0) is 43.5 Å². The highest BCUT2D eigenvalue weighted by atomic mass is 16.5. The number of aliphatic hydroxyl groups is 2. The van der Waals surface area contributed by atoms with Crippen molar-refractivity contribution in [3.05, 3.63) is 77.4 Å². The lowest BCUT2D eigenvalue weighted by molar-refractivity contribution is -0.148. The zero-order valence-corrected chi connectivity index (χ0v) is 23.1. The largest absolute Gasteiger partial charge is 0.497 e. The van der Waals surface area contributed by atoms with Crippen LogP contribution in [0.15, 0.2) is 71.9 Å². The minimum Gasteiger partial charge on any atom is -0.497 e. The smallest absolute Gasteiger partial charge is 0.306 e. The number of benzene rings is 1. The maximum atomic E-state index is 12.7. The fourth-order valence-electron chi connectivity index (χ4n) is 4.24. The Morgan fingerprint density at radius 3 is 2.46 bits per heavy atom. The van der Waals surface area contributed by atoms with E-state index in [2.05, 4.69) is 0 Å². The average molecular weight is 513 g/mol. The number of allylic oxidation sites excluding steroid dienone is 3. The predicted octanol–water partition coefficient (Wildman–Crippen LogP) is 5.55. The van der Waals surface area contributed by atoms with E-state index in [-0.39, 0.29) is 30.1 Å². The molecule has 1 aliphatic rings. The van der Waals surface area contributed by atoms with Crippen LogP contribution in [0.4, 0.5) is 0 Å². The van der Waals surface area contributed by atoms with Gasteiger partial charge in [-0.25, -0.2) is 0 Å². The number of carbonyl (C=O) groups is 1. The van der Waals surface area contributed by atoms with Crippen LogP contribution in [-0.2, 0) is 20.9 Å². The van der Waals surface area contributed by atoms with Gasteiger partial charge in [0.1, 0.15) is 11.9 Å². The summed E-state index contributed by atoms with van der Waals surface area (Å²) in [5.74, 6) is 0.000116. The molecule has 0 fully saturated rings. The van der Waals surface area contributed by atoms with Gasteiger partial charge in [0.2, 0.25) is 0 Å². The fraction of sp³-hybridized carbons (Fsp3) is 0.516. The first-order chi connectivity index (χ1) is 17.6. The van der Waals surface area contributed by atoms with E-state index in [1.54, 1.807) is 19.3 Å². The minimum atomic E-state index is -0.767. The maximum Gasteiger partial charge on any atom is 0.306 e. The normalized spacial score (nSPS) is 31.6. The van der Waals surface area contributed by atoms with Crippen molar-refractivity contribution in [2.45, 2.75) is 72.4 Å². The molecule has 0 saturated carbocycles. The molecule has 2 rings (SSSR count). The number of methoxy groups -OCH3 is 1. The van der Waals surface area contributed by atoms with E-state index < -0.39 is 18.3 Å². The zero-order chi connectivity index (χ0) is 27.4. The summed E-state index contributed by atoms with van der Waals surface area (Å²) in [6.07, 6.45) is 10.1. The van der Waals surface area contributed by atoms with Crippen LogP contribution in [0.25, 0.3) is 0 Å². The van der Waals surface area contributed by atoms with Gasteiger partial charge in [-0.3, -0.25) is 4.79 Å². The second-order valence-electron chi connectivity index (χ2n) is 9.97. The van der Waals surface area contributed by atoms with E-state index in [1.165, 1.54) is 0 Å². The summed E-state index contributed by atoms with van der Waals surface area (Å²) in [6, 6.07) is 7.74. The quantitative estimate of drug-likeness (QED) is 0.295. The molecule has 1 heterocycles. The van der Waals surface area contributed by atoms with E-state index in [0.717, 1.165) is 22.5 Å². The van der Waals surface area contributed by atoms with Gasteiger partial charge in [-0.2, -0.15) is 0 Å². The highest BCUT2D eigenvalue weighted by Gasteiger charge is 2.27. The first-order valence-corrected chi connectivity index (χ1v) is 13.1. The number of rotatable bonds is 6. The SMILES string of the molecule is COc1ccc(COC/C=C(\C)[C@H]2OC(=O)CC/C=C(\C)[C@H](C)[C@H](O)[C@@H](C)[C@@H](O)/C=C\C=C/[C@@H]2C)cc1. The summed E-state index contributed by atoms with van der Waals surface area (Å²) in [7, 11) is 1.64. The van der Waals surface area contributed by atoms with Gasteiger partial charge in [-0.15, -0.1) is 0 Å². The highest BCUT2D eigenvalue weighted by Crippen LogP contribution is 2.25. The van der Waals surface area contributed by atoms with Crippen molar-refractivity contribution in [3.8, 4) is 5.75 Å². The zero-order valence-electron chi connectivity index (χ0n) is 23.1. The molecule has 0 aromatic heterocycles. The van der Waals surface area contributed by atoms with Gasteiger partial charge in [-0.1, -0.05) is 74.9 Å². The first kappa shape index (κ1) is 30.6. The minimum absolute atomic E-state index is 0.0863. The Hall–Kier alpha value is -2.67. The van der Waals surface area contributed by atoms with Crippen LogP contribution in [0, 0.1) is 17.8 Å². The monoisotopic (exact) mass is 512 g/mol. The summed E-state index contributed by atoms with van der Waals surface area (Å²) >= 11 is 0. The highest BCUT2D eigenvalue weighted by molar-refractivity contribution is 5.70. The Kier molecular flexibility index (Phi) is 12.8. The molecule has 1 aromatic carbocycles. The van der Waals surface area contributed by atoms with Crippen LogP contribution in [0.3, 0.4) is 0 Å². The molecule has 0 spiro atoms. The maximum absolute atomic E-state index is 12.7. The molecule has 0 saturated heterocycles. The van der Waals surface area contributed by atoms with Crippen LogP contribution in [0.2, 0.25) is 0 Å². The lowest BCUT2D eigenvalue weighted by Crippen LogP contribution is -2.33. The van der Waals surface area contributed by atoms with Crippen molar-refractivity contribution in [2.75, 3.05) is 13.7 Å². The number of cyclic esters (lactones) is 1. The molecule has 0 bridgehead atoms. The standard InChI is InChI=1S/C31H44O6/c1-21-11-9-13-29(33)37-31(22(2)10-7-8-12-28(32)25(5)30(34)24(21)4)23(3)18-19-36-20-26-14-16-27(35-6)17-15-26/h7-8,10-12,14-18,22,24-25,28,30-32,34H,9,13,19-20H2,1-6H3/b10-7-,12-8-,21-11+,23-18+/t22-,24-,25-,28-,30-,31-/m0/s1. The topological polar surface area (TPSA) is 85.2 Å².